The Balaban J connectivity index is 1.96. The van der Waals surface area contributed by atoms with E-state index in [9.17, 15) is 9.59 Å². The summed E-state index contributed by atoms with van der Waals surface area (Å²) in [6.45, 7) is 5.68. The Morgan fingerprint density at radius 3 is 2.52 bits per heavy atom. The van der Waals surface area contributed by atoms with Gasteiger partial charge in [-0.15, -0.1) is 0 Å². The minimum Gasteiger partial charge on any atom is -0.350 e. The molecule has 0 fully saturated rings. The Hall–Kier alpha value is -2.57. The third-order valence-corrected chi connectivity index (χ3v) is 2.76. The summed E-state index contributed by atoms with van der Waals surface area (Å²) in [5.74, 6) is 0.846. The largest absolute Gasteiger partial charge is 0.350 e. The zero-order valence-corrected chi connectivity index (χ0v) is 12.2. The summed E-state index contributed by atoms with van der Waals surface area (Å²) >= 11 is 0. The van der Waals surface area contributed by atoms with Crippen molar-refractivity contribution in [1.82, 2.24) is 25.3 Å². The van der Waals surface area contributed by atoms with Crippen LogP contribution in [0.15, 0.2) is 16.9 Å². The average molecular weight is 287 g/mol. The van der Waals surface area contributed by atoms with E-state index >= 15 is 0 Å². The van der Waals surface area contributed by atoms with Crippen LogP contribution < -0.4 is 10.9 Å². The lowest BCUT2D eigenvalue weighted by Gasteiger charge is -2.06. The predicted octanol–water partition coefficient (Wildman–Crippen LogP) is 0.458. The van der Waals surface area contributed by atoms with Crippen LogP contribution in [0.3, 0.4) is 0 Å². The maximum atomic E-state index is 12.0. The molecule has 2 N–H and O–H groups in total. The fraction of sp³-hybridized carbons (Fsp3) is 0.357. The smallest absolute Gasteiger partial charge is 0.270 e. The summed E-state index contributed by atoms with van der Waals surface area (Å²) in [6, 6.07) is 3.06. The Kier molecular flexibility index (Phi) is 4.42. The van der Waals surface area contributed by atoms with Crippen LogP contribution in [-0.4, -0.2) is 32.4 Å². The van der Waals surface area contributed by atoms with Crippen LogP contribution in [0, 0.1) is 20.8 Å². The van der Waals surface area contributed by atoms with Crippen molar-refractivity contribution >= 4 is 5.91 Å². The topological polar surface area (TPSA) is 101 Å². The molecule has 7 nitrogen and oxygen atoms in total. The van der Waals surface area contributed by atoms with Gasteiger partial charge in [-0.2, -0.15) is 0 Å². The first kappa shape index (κ1) is 14.8. The van der Waals surface area contributed by atoms with Gasteiger partial charge in [0.25, 0.3) is 11.5 Å². The number of amides is 1. The van der Waals surface area contributed by atoms with Crippen molar-refractivity contribution in [2.75, 3.05) is 6.54 Å². The molecule has 0 spiro atoms. The van der Waals surface area contributed by atoms with Gasteiger partial charge < -0.3 is 10.3 Å². The van der Waals surface area contributed by atoms with Gasteiger partial charge in [0.1, 0.15) is 17.3 Å². The number of rotatable bonds is 4. The van der Waals surface area contributed by atoms with Gasteiger partial charge in [0.05, 0.1) is 0 Å². The number of carbonyl (C=O) groups is 1. The Bertz CT molecular complexity index is 703. The quantitative estimate of drug-likeness (QED) is 0.850. The summed E-state index contributed by atoms with van der Waals surface area (Å²) < 4.78 is 0. The Morgan fingerprint density at radius 2 is 1.86 bits per heavy atom. The fourth-order valence-corrected chi connectivity index (χ4v) is 1.98. The van der Waals surface area contributed by atoms with Gasteiger partial charge in [0, 0.05) is 30.4 Å². The van der Waals surface area contributed by atoms with E-state index in [0.29, 0.717) is 36.0 Å². The zero-order chi connectivity index (χ0) is 15.4. The second-order valence-corrected chi connectivity index (χ2v) is 4.78. The van der Waals surface area contributed by atoms with Crippen molar-refractivity contribution in [3.63, 3.8) is 0 Å². The van der Waals surface area contributed by atoms with E-state index in [0.717, 1.165) is 5.69 Å². The summed E-state index contributed by atoms with van der Waals surface area (Å²) in [6.07, 6.45) is 0.450. The number of carbonyl (C=O) groups excluding carboxylic acids is 1. The van der Waals surface area contributed by atoms with E-state index in [1.165, 1.54) is 6.07 Å². The highest BCUT2D eigenvalue weighted by Crippen LogP contribution is 2.00. The normalized spacial score (nSPS) is 10.4. The van der Waals surface area contributed by atoms with Gasteiger partial charge in [-0.3, -0.25) is 9.59 Å². The molecule has 7 heteroatoms. The molecule has 0 saturated heterocycles. The number of aromatic nitrogens is 4. The standard InChI is InChI=1S/C14H17N5O2/c1-8-6-11(18-10(3)16-8)14(21)15-5-4-12-17-9(2)7-13(20)19-12/h6-7H,4-5H2,1-3H3,(H,15,21)(H,17,19,20). The van der Waals surface area contributed by atoms with E-state index in [4.69, 9.17) is 0 Å². The molecule has 0 aliphatic rings. The zero-order valence-electron chi connectivity index (χ0n) is 12.2. The Morgan fingerprint density at radius 1 is 1.14 bits per heavy atom. The van der Waals surface area contributed by atoms with Gasteiger partial charge in [-0.25, -0.2) is 15.0 Å². The van der Waals surface area contributed by atoms with Crippen LogP contribution in [0.2, 0.25) is 0 Å². The number of hydrogen-bond acceptors (Lipinski definition) is 5. The fourth-order valence-electron chi connectivity index (χ4n) is 1.98. The number of nitrogens with zero attached hydrogens (tertiary/aromatic N) is 3. The van der Waals surface area contributed by atoms with Crippen molar-refractivity contribution in [3.8, 4) is 0 Å². The minimum atomic E-state index is -0.265. The molecular formula is C14H17N5O2. The first-order valence-electron chi connectivity index (χ1n) is 6.61. The molecule has 0 aromatic carbocycles. The first-order chi connectivity index (χ1) is 9.94. The van der Waals surface area contributed by atoms with E-state index in [2.05, 4.69) is 25.3 Å². The SMILES string of the molecule is Cc1cc(C(=O)NCCc2nc(C)cc(=O)[nH]2)nc(C)n1. The molecule has 0 saturated carbocycles. The molecule has 21 heavy (non-hydrogen) atoms. The van der Waals surface area contributed by atoms with Crippen molar-refractivity contribution < 1.29 is 4.79 Å². The lowest BCUT2D eigenvalue weighted by atomic mass is 10.3. The maximum absolute atomic E-state index is 12.0. The lowest BCUT2D eigenvalue weighted by molar-refractivity contribution is 0.0948. The first-order valence-corrected chi connectivity index (χ1v) is 6.61. The third kappa shape index (κ3) is 4.20. The van der Waals surface area contributed by atoms with E-state index < -0.39 is 0 Å². The van der Waals surface area contributed by atoms with Crippen LogP contribution in [0.4, 0.5) is 0 Å². The number of H-pyrrole nitrogens is 1. The number of hydrogen-bond donors (Lipinski definition) is 2. The summed E-state index contributed by atoms with van der Waals surface area (Å²) in [5, 5.41) is 2.75. The molecule has 110 valence electrons. The summed E-state index contributed by atoms with van der Waals surface area (Å²) in [7, 11) is 0. The van der Waals surface area contributed by atoms with Crippen molar-refractivity contribution in [1.29, 1.82) is 0 Å². The molecule has 2 aromatic rings. The number of nitrogens with one attached hydrogen (secondary N) is 2. The highest BCUT2D eigenvalue weighted by molar-refractivity contribution is 5.92. The van der Waals surface area contributed by atoms with E-state index in [1.54, 1.807) is 19.9 Å². The van der Waals surface area contributed by atoms with Gasteiger partial charge in [-0.1, -0.05) is 0 Å². The molecule has 0 unspecified atom stereocenters. The van der Waals surface area contributed by atoms with Crippen LogP contribution in [0.5, 0.6) is 0 Å². The van der Waals surface area contributed by atoms with Crippen LogP contribution in [0.1, 0.15) is 33.5 Å². The molecule has 2 aromatic heterocycles. The van der Waals surface area contributed by atoms with Crippen molar-refractivity contribution in [2.24, 2.45) is 0 Å². The molecule has 0 aliphatic carbocycles. The highest BCUT2D eigenvalue weighted by atomic mass is 16.2. The molecular weight excluding hydrogens is 270 g/mol. The van der Waals surface area contributed by atoms with E-state index in [-0.39, 0.29) is 11.5 Å². The predicted molar refractivity (Wildman–Crippen MR) is 77.1 cm³/mol. The maximum Gasteiger partial charge on any atom is 0.270 e. The van der Waals surface area contributed by atoms with Gasteiger partial charge in [0.2, 0.25) is 0 Å². The second-order valence-electron chi connectivity index (χ2n) is 4.78. The lowest BCUT2D eigenvalue weighted by Crippen LogP contribution is -2.28. The molecule has 2 rings (SSSR count). The van der Waals surface area contributed by atoms with Crippen molar-refractivity contribution in [2.45, 2.75) is 27.2 Å². The third-order valence-electron chi connectivity index (χ3n) is 2.76. The average Bonchev–Trinajstić information content (AvgIpc) is 2.36. The minimum absolute atomic E-state index is 0.189. The summed E-state index contributed by atoms with van der Waals surface area (Å²) in [5.41, 5.74) is 1.55. The monoisotopic (exact) mass is 287 g/mol. The van der Waals surface area contributed by atoms with Crippen LogP contribution >= 0.6 is 0 Å². The molecule has 0 aliphatic heterocycles. The second kappa shape index (κ2) is 6.25. The summed E-state index contributed by atoms with van der Waals surface area (Å²) in [4.78, 5) is 38.3. The van der Waals surface area contributed by atoms with Gasteiger partial charge >= 0.3 is 0 Å². The van der Waals surface area contributed by atoms with E-state index in [1.807, 2.05) is 6.92 Å². The van der Waals surface area contributed by atoms with Crippen LogP contribution in [0.25, 0.3) is 0 Å². The molecule has 0 atom stereocenters. The highest BCUT2D eigenvalue weighted by Gasteiger charge is 2.09. The number of aryl methyl sites for hydroxylation is 3. The molecule has 0 bridgehead atoms. The Labute approximate surface area is 121 Å². The van der Waals surface area contributed by atoms with Gasteiger partial charge in [0.15, 0.2) is 0 Å². The van der Waals surface area contributed by atoms with Gasteiger partial charge in [-0.05, 0) is 26.8 Å². The molecule has 0 radical (unpaired) electrons. The van der Waals surface area contributed by atoms with Crippen molar-refractivity contribution in [3.05, 3.63) is 51.2 Å². The number of aromatic amines is 1. The molecule has 1 amide bonds. The molecule has 2 heterocycles. The van der Waals surface area contributed by atoms with Crippen LogP contribution in [-0.2, 0) is 6.42 Å².